The molecule has 0 saturated carbocycles. The Balaban J connectivity index is 1.01. The maximum absolute atomic E-state index is 9.44. The molecule has 10 rings (SSSR count). The first-order valence-electron chi connectivity index (χ1n) is 18.7. The Bertz CT molecular complexity index is 3300. The highest BCUT2D eigenvalue weighted by Crippen LogP contribution is 2.40. The molecule has 0 fully saturated rings. The van der Waals surface area contributed by atoms with Crippen molar-refractivity contribution < 1.29 is 8.83 Å². The molecule has 2 heterocycles. The van der Waals surface area contributed by atoms with Crippen molar-refractivity contribution in [3.05, 3.63) is 198 Å². The Morgan fingerprint density at radius 2 is 0.831 bits per heavy atom. The summed E-state index contributed by atoms with van der Waals surface area (Å²) in [5, 5.41) is 22.8. The topological polar surface area (TPSA) is 85.8 Å². The predicted octanol–water partition coefficient (Wildman–Crippen LogP) is 14.8. The zero-order chi connectivity index (χ0) is 40.0. The van der Waals surface area contributed by atoms with Gasteiger partial charge in [0.2, 0.25) is 5.69 Å². The lowest BCUT2D eigenvalue weighted by Crippen LogP contribution is -2.09. The molecule has 2 aromatic heterocycles. The highest BCUT2D eigenvalue weighted by molar-refractivity contribution is 6.07. The van der Waals surface area contributed by atoms with Gasteiger partial charge in [-0.3, -0.25) is 0 Å². The minimum atomic E-state index is 0.331. The first-order valence-corrected chi connectivity index (χ1v) is 18.7. The Kier molecular flexibility index (Phi) is 8.21. The van der Waals surface area contributed by atoms with E-state index in [1.165, 1.54) is 0 Å². The van der Waals surface area contributed by atoms with Gasteiger partial charge in [0.15, 0.2) is 5.69 Å². The number of rotatable bonds is 6. The molecule has 0 amide bonds. The molecule has 59 heavy (non-hydrogen) atoms. The summed E-state index contributed by atoms with van der Waals surface area (Å²) in [7, 11) is 0. The van der Waals surface area contributed by atoms with Crippen LogP contribution in [0.25, 0.3) is 86.9 Å². The van der Waals surface area contributed by atoms with Crippen molar-refractivity contribution in [2.45, 2.75) is 0 Å². The smallest absolute Gasteiger partial charge is 0.205 e. The average molecular weight is 754 g/mol. The molecule has 7 nitrogen and oxygen atoms in total. The molecule has 272 valence electrons. The molecular weight excluding hydrogens is 727 g/mol. The fourth-order valence-electron chi connectivity index (χ4n) is 7.80. The molecule has 8 aromatic carbocycles. The SMILES string of the molecule is [C-]#[N+]c1ccc2c(c1)oc1cc(-c3ccc(N(c4ccc(-c5ccc(C#N)c([N+]#[C-])c5)cc4)c4ccc(-c5ccc6c(c5)oc5cc(C#N)ccc56)cc4)cc3)ccc12. The number of furan rings is 2. The maximum Gasteiger partial charge on any atom is 0.205 e. The maximum atomic E-state index is 9.44. The van der Waals surface area contributed by atoms with Gasteiger partial charge in [0.1, 0.15) is 22.3 Å². The third kappa shape index (κ3) is 6.06. The van der Waals surface area contributed by atoms with Crippen molar-refractivity contribution >= 4 is 72.3 Å². The van der Waals surface area contributed by atoms with Crippen LogP contribution in [0.3, 0.4) is 0 Å². The fourth-order valence-corrected chi connectivity index (χ4v) is 7.80. The number of anilines is 3. The van der Waals surface area contributed by atoms with Crippen LogP contribution in [0.4, 0.5) is 28.4 Å². The van der Waals surface area contributed by atoms with E-state index in [-0.39, 0.29) is 0 Å². The van der Waals surface area contributed by atoms with Crippen molar-refractivity contribution in [2.75, 3.05) is 4.90 Å². The zero-order valence-electron chi connectivity index (χ0n) is 31.1. The largest absolute Gasteiger partial charge is 0.457 e. The molecule has 0 N–H and O–H groups in total. The van der Waals surface area contributed by atoms with Gasteiger partial charge in [-0.1, -0.05) is 72.8 Å². The van der Waals surface area contributed by atoms with E-state index in [0.29, 0.717) is 33.7 Å². The lowest BCUT2D eigenvalue weighted by Gasteiger charge is -2.26. The number of nitrogens with zero attached hydrogens (tertiary/aromatic N) is 5. The second-order valence-electron chi connectivity index (χ2n) is 14.2. The fraction of sp³-hybridized carbons (Fsp3) is 0. The summed E-state index contributed by atoms with van der Waals surface area (Å²) in [4.78, 5) is 9.31. The summed E-state index contributed by atoms with van der Waals surface area (Å²) in [5.41, 5.74) is 13.5. The van der Waals surface area contributed by atoms with Crippen LogP contribution in [0.5, 0.6) is 0 Å². The normalized spacial score (nSPS) is 11.0. The minimum absolute atomic E-state index is 0.331. The number of hydrogen-bond acceptors (Lipinski definition) is 5. The van der Waals surface area contributed by atoms with E-state index in [1.807, 2.05) is 54.6 Å². The van der Waals surface area contributed by atoms with Gasteiger partial charge in [-0.2, -0.15) is 10.5 Å². The summed E-state index contributed by atoms with van der Waals surface area (Å²) in [6.45, 7) is 14.9. The van der Waals surface area contributed by atoms with Crippen LogP contribution in [0.2, 0.25) is 0 Å². The second kappa shape index (κ2) is 14.0. The molecule has 7 heteroatoms. The summed E-state index contributed by atoms with van der Waals surface area (Å²) < 4.78 is 12.4. The van der Waals surface area contributed by atoms with Gasteiger partial charge in [-0.15, -0.1) is 0 Å². The van der Waals surface area contributed by atoms with Crippen LogP contribution < -0.4 is 4.90 Å². The molecule has 0 aliphatic rings. The van der Waals surface area contributed by atoms with Crippen molar-refractivity contribution in [3.63, 3.8) is 0 Å². The van der Waals surface area contributed by atoms with Gasteiger partial charge in [0.05, 0.1) is 36.4 Å². The molecule has 0 atom stereocenters. The minimum Gasteiger partial charge on any atom is -0.457 e. The van der Waals surface area contributed by atoms with Crippen molar-refractivity contribution in [1.82, 2.24) is 0 Å². The molecule has 0 saturated heterocycles. The van der Waals surface area contributed by atoms with E-state index in [0.717, 1.165) is 83.2 Å². The van der Waals surface area contributed by atoms with E-state index in [4.69, 9.17) is 22.0 Å². The average Bonchev–Trinajstić information content (AvgIpc) is 3.86. The second-order valence-corrected chi connectivity index (χ2v) is 14.2. The summed E-state index contributed by atoms with van der Waals surface area (Å²) in [5.74, 6) is 0. The van der Waals surface area contributed by atoms with E-state index < -0.39 is 0 Å². The lowest BCUT2D eigenvalue weighted by molar-refractivity contribution is 0.668. The molecule has 0 aliphatic heterocycles. The molecule has 0 aliphatic carbocycles. The quantitative estimate of drug-likeness (QED) is 0.158. The van der Waals surface area contributed by atoms with Gasteiger partial charge < -0.3 is 13.7 Å². The Hall–Kier alpha value is -8.88. The van der Waals surface area contributed by atoms with Crippen LogP contribution in [0, 0.1) is 35.8 Å². The number of benzene rings is 8. The van der Waals surface area contributed by atoms with Crippen molar-refractivity contribution in [2.24, 2.45) is 0 Å². The monoisotopic (exact) mass is 753 g/mol. The Morgan fingerprint density at radius 1 is 0.407 bits per heavy atom. The van der Waals surface area contributed by atoms with E-state index in [9.17, 15) is 10.5 Å². The van der Waals surface area contributed by atoms with Crippen LogP contribution in [0.1, 0.15) is 11.1 Å². The molecule has 0 spiro atoms. The molecule has 10 aromatic rings. The standard InChI is InChI=1S/C52H27N5O2/c1-55-40-14-24-47-46-23-13-38(28-51(46)59-52(47)29-40)35-10-19-43(20-11-35)57(41-15-6-33(7-16-41)36-4-5-39(31-54)48(26-36)56-2)42-17-8-34(9-18-42)37-12-22-45-44-21-3-32(30-53)25-49(44)58-50(45)27-37/h3-29H. The summed E-state index contributed by atoms with van der Waals surface area (Å²) >= 11 is 0. The van der Waals surface area contributed by atoms with E-state index in [2.05, 4.69) is 112 Å². The first kappa shape index (κ1) is 34.6. The highest BCUT2D eigenvalue weighted by atomic mass is 16.3. The molecule has 0 radical (unpaired) electrons. The van der Waals surface area contributed by atoms with Gasteiger partial charge in [0.25, 0.3) is 0 Å². The van der Waals surface area contributed by atoms with Gasteiger partial charge >= 0.3 is 0 Å². The van der Waals surface area contributed by atoms with Crippen LogP contribution in [-0.4, -0.2) is 0 Å². The third-order valence-corrected chi connectivity index (χ3v) is 10.8. The summed E-state index contributed by atoms with van der Waals surface area (Å²) in [6, 6.07) is 58.2. The van der Waals surface area contributed by atoms with Gasteiger partial charge in [0, 0.05) is 38.6 Å². The molecule has 0 unspecified atom stereocenters. The van der Waals surface area contributed by atoms with Crippen LogP contribution in [0.15, 0.2) is 173 Å². The van der Waals surface area contributed by atoms with Crippen LogP contribution >= 0.6 is 0 Å². The zero-order valence-corrected chi connectivity index (χ0v) is 31.1. The first-order chi connectivity index (χ1) is 29.0. The highest BCUT2D eigenvalue weighted by Gasteiger charge is 2.16. The lowest BCUT2D eigenvalue weighted by atomic mass is 10.0. The van der Waals surface area contributed by atoms with Crippen molar-refractivity contribution in [1.29, 1.82) is 10.5 Å². The summed E-state index contributed by atoms with van der Waals surface area (Å²) in [6.07, 6.45) is 0. The predicted molar refractivity (Wildman–Crippen MR) is 234 cm³/mol. The Morgan fingerprint density at radius 3 is 1.31 bits per heavy atom. The van der Waals surface area contributed by atoms with Crippen molar-refractivity contribution in [3.8, 4) is 45.5 Å². The van der Waals surface area contributed by atoms with E-state index in [1.54, 1.807) is 24.3 Å². The van der Waals surface area contributed by atoms with E-state index >= 15 is 0 Å². The molecular formula is C52H27N5O2. The van der Waals surface area contributed by atoms with Gasteiger partial charge in [-0.05, 0) is 124 Å². The number of nitriles is 2. The third-order valence-electron chi connectivity index (χ3n) is 10.8. The number of fused-ring (bicyclic) bond motifs is 6. The number of hydrogen-bond donors (Lipinski definition) is 0. The Labute approximate surface area is 338 Å². The van der Waals surface area contributed by atoms with Gasteiger partial charge in [-0.25, -0.2) is 9.69 Å². The van der Waals surface area contributed by atoms with Crippen LogP contribution in [-0.2, 0) is 0 Å². The molecule has 0 bridgehead atoms.